The SMILES string of the molecule is O=C(O)[C@H]1CSC(/C=C/c2nc3ccc(O)cc3s2)=N1. The first-order valence-corrected chi connectivity index (χ1v) is 7.63. The van der Waals surface area contributed by atoms with Crippen LogP contribution in [0.25, 0.3) is 16.3 Å². The van der Waals surface area contributed by atoms with E-state index < -0.39 is 12.0 Å². The van der Waals surface area contributed by atoms with Crippen LogP contribution in [0.5, 0.6) is 5.75 Å². The zero-order valence-electron chi connectivity index (χ0n) is 10.2. The summed E-state index contributed by atoms with van der Waals surface area (Å²) in [5, 5.41) is 19.8. The van der Waals surface area contributed by atoms with Crippen LogP contribution in [0.2, 0.25) is 0 Å². The third-order valence-electron chi connectivity index (χ3n) is 2.71. The van der Waals surface area contributed by atoms with Crippen molar-refractivity contribution in [1.82, 2.24) is 4.98 Å². The lowest BCUT2D eigenvalue weighted by atomic mass is 10.3. The first-order valence-electron chi connectivity index (χ1n) is 5.83. The van der Waals surface area contributed by atoms with E-state index in [9.17, 15) is 9.90 Å². The van der Waals surface area contributed by atoms with Gasteiger partial charge in [0.1, 0.15) is 10.8 Å². The molecule has 0 spiro atoms. The Bertz CT molecular complexity index is 736. The van der Waals surface area contributed by atoms with Crippen molar-refractivity contribution in [2.45, 2.75) is 6.04 Å². The number of benzene rings is 1. The number of thioether (sulfide) groups is 1. The van der Waals surface area contributed by atoms with Crippen LogP contribution in [-0.4, -0.2) is 38.0 Å². The highest BCUT2D eigenvalue weighted by molar-refractivity contribution is 8.14. The van der Waals surface area contributed by atoms with Crippen LogP contribution in [0.4, 0.5) is 0 Å². The molecule has 0 radical (unpaired) electrons. The van der Waals surface area contributed by atoms with Crippen LogP contribution in [0.1, 0.15) is 5.01 Å². The fourth-order valence-corrected chi connectivity index (χ4v) is 3.57. The number of phenols is 1. The van der Waals surface area contributed by atoms with Crippen LogP contribution in [-0.2, 0) is 4.79 Å². The average molecular weight is 306 g/mol. The Morgan fingerprint density at radius 2 is 2.25 bits per heavy atom. The summed E-state index contributed by atoms with van der Waals surface area (Å²) >= 11 is 2.89. The van der Waals surface area contributed by atoms with Gasteiger partial charge in [-0.3, -0.25) is 4.99 Å². The second-order valence-electron chi connectivity index (χ2n) is 4.17. The van der Waals surface area contributed by atoms with Gasteiger partial charge >= 0.3 is 5.97 Å². The number of aromatic nitrogens is 1. The third kappa shape index (κ3) is 2.68. The standard InChI is InChI=1S/C13H10N2O3S2/c16-7-1-2-8-10(5-7)20-12(14-8)4-3-11-15-9(6-19-11)13(17)18/h1-5,9,16H,6H2,(H,17,18)/b4-3+/t9-/m1/s1. The predicted molar refractivity (Wildman–Crippen MR) is 81.6 cm³/mol. The molecule has 1 aromatic heterocycles. The van der Waals surface area contributed by atoms with Gasteiger partial charge in [0.25, 0.3) is 0 Å². The number of hydrogen-bond donors (Lipinski definition) is 2. The molecule has 2 aromatic rings. The topological polar surface area (TPSA) is 82.8 Å². The smallest absolute Gasteiger partial charge is 0.329 e. The number of carbonyl (C=O) groups is 1. The number of fused-ring (bicyclic) bond motifs is 1. The maximum atomic E-state index is 10.8. The Kier molecular flexibility index (Phi) is 3.45. The number of carboxylic acids is 1. The van der Waals surface area contributed by atoms with Crippen LogP contribution in [0, 0.1) is 0 Å². The van der Waals surface area contributed by atoms with Gasteiger partial charge in [0, 0.05) is 5.75 Å². The number of aliphatic imine (C=N–C) groups is 1. The highest BCUT2D eigenvalue weighted by Crippen LogP contribution is 2.27. The molecule has 0 saturated carbocycles. The zero-order valence-corrected chi connectivity index (χ0v) is 11.8. The molecule has 1 aromatic carbocycles. The number of hydrogen-bond acceptors (Lipinski definition) is 6. The molecule has 0 unspecified atom stereocenters. The summed E-state index contributed by atoms with van der Waals surface area (Å²) in [6.45, 7) is 0. The lowest BCUT2D eigenvalue weighted by Crippen LogP contribution is -2.16. The summed E-state index contributed by atoms with van der Waals surface area (Å²) in [5.41, 5.74) is 0.830. The van der Waals surface area contributed by atoms with Crippen molar-refractivity contribution in [2.24, 2.45) is 4.99 Å². The molecular formula is C13H10N2O3S2. The first-order chi connectivity index (χ1) is 9.61. The minimum atomic E-state index is -0.892. The van der Waals surface area contributed by atoms with Crippen LogP contribution >= 0.6 is 23.1 Å². The number of carboxylic acid groups (broad SMARTS) is 1. The normalized spacial score (nSPS) is 18.8. The van der Waals surface area contributed by atoms with Crippen molar-refractivity contribution < 1.29 is 15.0 Å². The Morgan fingerprint density at radius 3 is 3.00 bits per heavy atom. The molecule has 0 amide bonds. The van der Waals surface area contributed by atoms with Crippen LogP contribution in [0.3, 0.4) is 0 Å². The minimum Gasteiger partial charge on any atom is -0.508 e. The Labute approximate surface area is 122 Å². The maximum Gasteiger partial charge on any atom is 0.329 e. The van der Waals surface area contributed by atoms with Gasteiger partial charge in [-0.15, -0.1) is 23.1 Å². The van der Waals surface area contributed by atoms with Crippen LogP contribution < -0.4 is 0 Å². The monoisotopic (exact) mass is 306 g/mol. The molecular weight excluding hydrogens is 296 g/mol. The Morgan fingerprint density at radius 1 is 1.40 bits per heavy atom. The van der Waals surface area contributed by atoms with Crippen molar-refractivity contribution in [3.8, 4) is 5.75 Å². The highest BCUT2D eigenvalue weighted by atomic mass is 32.2. The van der Waals surface area contributed by atoms with E-state index in [1.807, 2.05) is 6.08 Å². The molecule has 7 heteroatoms. The summed E-state index contributed by atoms with van der Waals surface area (Å²) in [4.78, 5) is 19.3. The largest absolute Gasteiger partial charge is 0.508 e. The van der Waals surface area contributed by atoms with Crippen LogP contribution in [0.15, 0.2) is 29.3 Å². The Hall–Kier alpha value is -1.86. The molecule has 1 aliphatic rings. The minimum absolute atomic E-state index is 0.219. The van der Waals surface area contributed by atoms with Gasteiger partial charge in [-0.05, 0) is 30.4 Å². The van der Waals surface area contributed by atoms with E-state index in [1.54, 1.807) is 24.3 Å². The Balaban J connectivity index is 1.81. The molecule has 0 aliphatic carbocycles. The van der Waals surface area contributed by atoms with Gasteiger partial charge in [-0.1, -0.05) is 0 Å². The summed E-state index contributed by atoms with van der Waals surface area (Å²) in [6.07, 6.45) is 3.60. The summed E-state index contributed by atoms with van der Waals surface area (Å²) in [7, 11) is 0. The molecule has 0 saturated heterocycles. The molecule has 3 rings (SSSR count). The van der Waals surface area contributed by atoms with Crippen molar-refractivity contribution in [3.63, 3.8) is 0 Å². The maximum absolute atomic E-state index is 10.8. The molecule has 20 heavy (non-hydrogen) atoms. The number of thiazole rings is 1. The molecule has 2 heterocycles. The molecule has 5 nitrogen and oxygen atoms in total. The molecule has 1 aliphatic heterocycles. The number of nitrogens with zero attached hydrogens (tertiary/aromatic N) is 2. The third-order valence-corrected chi connectivity index (χ3v) is 4.72. The summed E-state index contributed by atoms with van der Waals surface area (Å²) in [6, 6.07) is 4.39. The lowest BCUT2D eigenvalue weighted by molar-refractivity contribution is -0.137. The lowest BCUT2D eigenvalue weighted by Gasteiger charge is -1.93. The van der Waals surface area contributed by atoms with Gasteiger partial charge in [0.15, 0.2) is 6.04 Å². The first kappa shape index (κ1) is 13.1. The van der Waals surface area contributed by atoms with Gasteiger partial charge in [-0.25, -0.2) is 9.78 Å². The molecule has 0 bridgehead atoms. The second kappa shape index (κ2) is 5.26. The average Bonchev–Trinajstić information content (AvgIpc) is 3.01. The van der Waals surface area contributed by atoms with Crippen molar-refractivity contribution in [1.29, 1.82) is 0 Å². The van der Waals surface area contributed by atoms with Crippen molar-refractivity contribution in [3.05, 3.63) is 29.3 Å². The molecule has 102 valence electrons. The van der Waals surface area contributed by atoms with E-state index in [-0.39, 0.29) is 5.75 Å². The van der Waals surface area contributed by atoms with Crippen molar-refractivity contribution >= 4 is 50.4 Å². The van der Waals surface area contributed by atoms with E-state index in [0.717, 1.165) is 15.2 Å². The summed E-state index contributed by atoms with van der Waals surface area (Å²) in [5.74, 6) is -0.198. The molecule has 1 atom stereocenters. The molecule has 0 fully saturated rings. The number of aromatic hydroxyl groups is 1. The molecule has 2 N–H and O–H groups in total. The number of aliphatic carboxylic acids is 1. The van der Waals surface area contributed by atoms with E-state index in [1.165, 1.54) is 23.1 Å². The zero-order chi connectivity index (χ0) is 14.1. The van der Waals surface area contributed by atoms with E-state index >= 15 is 0 Å². The van der Waals surface area contributed by atoms with Gasteiger partial charge in [0.05, 0.1) is 15.3 Å². The van der Waals surface area contributed by atoms with E-state index in [0.29, 0.717) is 10.8 Å². The van der Waals surface area contributed by atoms with Gasteiger partial charge in [-0.2, -0.15) is 0 Å². The second-order valence-corrected chi connectivity index (χ2v) is 6.27. The van der Waals surface area contributed by atoms with Gasteiger partial charge < -0.3 is 10.2 Å². The van der Waals surface area contributed by atoms with E-state index in [4.69, 9.17) is 5.11 Å². The van der Waals surface area contributed by atoms with Gasteiger partial charge in [0.2, 0.25) is 0 Å². The quantitative estimate of drug-likeness (QED) is 0.911. The number of phenolic OH excluding ortho intramolecular Hbond substituents is 1. The van der Waals surface area contributed by atoms with E-state index in [2.05, 4.69) is 9.98 Å². The predicted octanol–water partition coefficient (Wildman–Crippen LogP) is 2.61. The highest BCUT2D eigenvalue weighted by Gasteiger charge is 2.22. The fraction of sp³-hybridized carbons (Fsp3) is 0.154. The van der Waals surface area contributed by atoms with Crippen molar-refractivity contribution in [2.75, 3.05) is 5.75 Å². The summed E-state index contributed by atoms with van der Waals surface area (Å²) < 4.78 is 0.911. The fourth-order valence-electron chi connectivity index (χ4n) is 1.76. The number of rotatable bonds is 3.